The van der Waals surface area contributed by atoms with Crippen LogP contribution in [-0.2, 0) is 19.6 Å². The van der Waals surface area contributed by atoms with E-state index in [4.69, 9.17) is 4.74 Å². The van der Waals surface area contributed by atoms with Gasteiger partial charge in [-0.15, -0.1) is 0 Å². The van der Waals surface area contributed by atoms with E-state index in [-0.39, 0.29) is 16.5 Å². The Morgan fingerprint density at radius 3 is 2.52 bits per heavy atom. The zero-order valence-electron chi connectivity index (χ0n) is 15.5. The summed E-state index contributed by atoms with van der Waals surface area (Å²) in [6.45, 7) is 5.26. The Hall–Kier alpha value is -2.72. The number of nitrogens with one attached hydrogen (secondary N) is 2. The third-order valence-corrected chi connectivity index (χ3v) is 5.12. The Morgan fingerprint density at radius 1 is 1.19 bits per heavy atom. The fourth-order valence-corrected chi connectivity index (χ4v) is 3.02. The highest BCUT2D eigenvalue weighted by atomic mass is 32.2. The normalized spacial score (nSPS) is 12.6. The maximum Gasteiger partial charge on any atom is 0.338 e. The number of hydrogen-bond donors (Lipinski definition) is 2. The molecule has 1 unspecified atom stereocenters. The molecule has 0 fully saturated rings. The molecular weight excluding hydrogens is 372 g/mol. The van der Waals surface area contributed by atoms with Crippen LogP contribution in [0.5, 0.6) is 0 Å². The molecule has 10 heteroatoms. The zero-order valence-corrected chi connectivity index (χ0v) is 16.3. The van der Waals surface area contributed by atoms with Crippen molar-refractivity contribution >= 4 is 27.7 Å². The maximum absolute atomic E-state index is 12.3. The molecule has 0 aliphatic rings. The number of esters is 1. The van der Waals surface area contributed by atoms with E-state index in [1.165, 1.54) is 38.2 Å². The van der Waals surface area contributed by atoms with Gasteiger partial charge in [0, 0.05) is 12.1 Å². The molecule has 0 saturated heterocycles. The number of carbonyl (C=O) groups excluding carboxylic acids is 2. The predicted molar refractivity (Wildman–Crippen MR) is 98.8 cm³/mol. The molecular formula is C17H22N4O5S. The quantitative estimate of drug-likeness (QED) is 0.688. The highest BCUT2D eigenvalue weighted by Gasteiger charge is 2.22. The first-order chi connectivity index (χ1) is 12.7. The minimum Gasteiger partial charge on any atom is -0.449 e. The van der Waals surface area contributed by atoms with Crippen LogP contribution >= 0.6 is 0 Å². The Balaban J connectivity index is 2.08. The number of carbonyl (C=O) groups is 2. The van der Waals surface area contributed by atoms with Gasteiger partial charge in [-0.2, -0.15) is 5.10 Å². The van der Waals surface area contributed by atoms with Gasteiger partial charge < -0.3 is 10.1 Å². The molecule has 1 heterocycles. The number of amides is 1. The predicted octanol–water partition coefficient (Wildman–Crippen LogP) is 1.56. The van der Waals surface area contributed by atoms with Crippen molar-refractivity contribution in [2.45, 2.75) is 37.8 Å². The van der Waals surface area contributed by atoms with Crippen LogP contribution < -0.4 is 10.0 Å². The number of rotatable bonds is 7. The first kappa shape index (κ1) is 20.6. The lowest BCUT2D eigenvalue weighted by Gasteiger charge is -2.16. The lowest BCUT2D eigenvalue weighted by Crippen LogP contribution is -2.31. The molecule has 0 aliphatic heterocycles. The molecule has 2 rings (SSSR count). The second-order valence-corrected chi connectivity index (χ2v) is 7.91. The summed E-state index contributed by atoms with van der Waals surface area (Å²) < 4.78 is 32.6. The standard InChI is InChI=1S/C17H22N4O5S/c1-11(2)21-15(8-9-19-21)20-16(22)12(3)26-17(23)13-6-5-7-14(10-13)27(24,25)18-4/h5-12,18H,1-4H3,(H,20,22). The molecule has 146 valence electrons. The average molecular weight is 394 g/mol. The average Bonchev–Trinajstić information content (AvgIpc) is 3.10. The fraction of sp³-hybridized carbons (Fsp3) is 0.353. The van der Waals surface area contributed by atoms with Gasteiger partial charge in [0.25, 0.3) is 5.91 Å². The minimum absolute atomic E-state index is 0.0261. The summed E-state index contributed by atoms with van der Waals surface area (Å²) in [6, 6.07) is 7.06. The SMILES string of the molecule is CNS(=O)(=O)c1cccc(C(=O)OC(C)C(=O)Nc2ccnn2C(C)C)c1. The lowest BCUT2D eigenvalue weighted by atomic mass is 10.2. The highest BCUT2D eigenvalue weighted by molar-refractivity contribution is 7.89. The van der Waals surface area contributed by atoms with Crippen molar-refractivity contribution in [3.63, 3.8) is 0 Å². The topological polar surface area (TPSA) is 119 Å². The number of aromatic nitrogens is 2. The number of anilines is 1. The van der Waals surface area contributed by atoms with E-state index >= 15 is 0 Å². The van der Waals surface area contributed by atoms with Crippen molar-refractivity contribution < 1.29 is 22.7 Å². The molecule has 2 N–H and O–H groups in total. The Labute approximate surface area is 157 Å². The monoisotopic (exact) mass is 394 g/mol. The van der Waals surface area contributed by atoms with Crippen LogP contribution in [0.4, 0.5) is 5.82 Å². The third-order valence-electron chi connectivity index (χ3n) is 3.71. The van der Waals surface area contributed by atoms with Crippen LogP contribution in [0.1, 0.15) is 37.2 Å². The van der Waals surface area contributed by atoms with Crippen molar-refractivity contribution in [1.82, 2.24) is 14.5 Å². The van der Waals surface area contributed by atoms with Crippen molar-refractivity contribution in [2.75, 3.05) is 12.4 Å². The second kappa shape index (κ2) is 8.31. The van der Waals surface area contributed by atoms with Gasteiger partial charge >= 0.3 is 5.97 Å². The minimum atomic E-state index is -3.69. The Kier molecular flexibility index (Phi) is 6.34. The molecule has 9 nitrogen and oxygen atoms in total. The van der Waals surface area contributed by atoms with Gasteiger partial charge in [0.2, 0.25) is 10.0 Å². The summed E-state index contributed by atoms with van der Waals surface area (Å²) >= 11 is 0. The maximum atomic E-state index is 12.3. The lowest BCUT2D eigenvalue weighted by molar-refractivity contribution is -0.123. The van der Waals surface area contributed by atoms with Crippen LogP contribution in [0.3, 0.4) is 0 Å². The Bertz CT molecular complexity index is 936. The van der Waals surface area contributed by atoms with Gasteiger partial charge in [0.05, 0.1) is 16.7 Å². The van der Waals surface area contributed by atoms with Gasteiger partial charge in [-0.25, -0.2) is 22.6 Å². The zero-order chi connectivity index (χ0) is 20.2. The van der Waals surface area contributed by atoms with E-state index in [2.05, 4.69) is 15.1 Å². The molecule has 0 spiro atoms. The largest absolute Gasteiger partial charge is 0.449 e. The van der Waals surface area contributed by atoms with Crippen LogP contribution in [0.15, 0.2) is 41.4 Å². The van der Waals surface area contributed by atoms with Gasteiger partial charge in [-0.1, -0.05) is 6.07 Å². The van der Waals surface area contributed by atoms with Gasteiger partial charge in [0.1, 0.15) is 5.82 Å². The number of nitrogens with zero attached hydrogens (tertiary/aromatic N) is 2. The third kappa shape index (κ3) is 4.92. The first-order valence-electron chi connectivity index (χ1n) is 8.24. The first-order valence-corrected chi connectivity index (χ1v) is 9.73. The van der Waals surface area contributed by atoms with Gasteiger partial charge in [-0.05, 0) is 46.0 Å². The van der Waals surface area contributed by atoms with Crippen LogP contribution in [-0.4, -0.2) is 43.2 Å². The summed E-state index contributed by atoms with van der Waals surface area (Å²) in [7, 11) is -2.42. The number of ether oxygens (including phenoxy) is 1. The summed E-state index contributed by atoms with van der Waals surface area (Å²) in [5.74, 6) is -0.840. The van der Waals surface area contributed by atoms with E-state index in [1.54, 1.807) is 16.9 Å². The molecule has 2 aromatic rings. The van der Waals surface area contributed by atoms with Crippen LogP contribution in [0.2, 0.25) is 0 Å². The van der Waals surface area contributed by atoms with E-state index in [1.807, 2.05) is 13.8 Å². The molecule has 0 bridgehead atoms. The molecule has 1 aromatic carbocycles. The smallest absolute Gasteiger partial charge is 0.338 e. The Morgan fingerprint density at radius 2 is 1.89 bits per heavy atom. The van der Waals surface area contributed by atoms with E-state index in [0.29, 0.717) is 5.82 Å². The number of sulfonamides is 1. The van der Waals surface area contributed by atoms with Crippen LogP contribution in [0, 0.1) is 0 Å². The fourth-order valence-electron chi connectivity index (χ4n) is 2.24. The van der Waals surface area contributed by atoms with Crippen molar-refractivity contribution in [2.24, 2.45) is 0 Å². The van der Waals surface area contributed by atoms with Gasteiger partial charge in [-0.3, -0.25) is 4.79 Å². The van der Waals surface area contributed by atoms with Crippen molar-refractivity contribution in [1.29, 1.82) is 0 Å². The van der Waals surface area contributed by atoms with Crippen molar-refractivity contribution in [3.05, 3.63) is 42.1 Å². The van der Waals surface area contributed by atoms with Crippen LogP contribution in [0.25, 0.3) is 0 Å². The summed E-state index contributed by atoms with van der Waals surface area (Å²) in [6.07, 6.45) is 0.470. The number of benzene rings is 1. The summed E-state index contributed by atoms with van der Waals surface area (Å²) in [5.41, 5.74) is 0.0261. The molecule has 1 atom stereocenters. The molecule has 0 aliphatic carbocycles. The molecule has 0 radical (unpaired) electrons. The summed E-state index contributed by atoms with van der Waals surface area (Å²) in [4.78, 5) is 24.5. The van der Waals surface area contributed by atoms with E-state index in [9.17, 15) is 18.0 Å². The molecule has 1 aromatic heterocycles. The second-order valence-electron chi connectivity index (χ2n) is 6.03. The molecule has 0 saturated carbocycles. The molecule has 1 amide bonds. The highest BCUT2D eigenvalue weighted by Crippen LogP contribution is 2.15. The van der Waals surface area contributed by atoms with E-state index in [0.717, 1.165) is 0 Å². The summed E-state index contributed by atoms with van der Waals surface area (Å²) in [5, 5.41) is 6.76. The van der Waals surface area contributed by atoms with Crippen molar-refractivity contribution in [3.8, 4) is 0 Å². The van der Waals surface area contributed by atoms with Gasteiger partial charge in [0.15, 0.2) is 6.10 Å². The van der Waals surface area contributed by atoms with E-state index < -0.39 is 28.0 Å². The number of hydrogen-bond acceptors (Lipinski definition) is 6. The molecule has 27 heavy (non-hydrogen) atoms.